The van der Waals surface area contributed by atoms with E-state index in [0.717, 1.165) is 51.6 Å². The van der Waals surface area contributed by atoms with Crippen LogP contribution in [0.2, 0.25) is 0 Å². The van der Waals surface area contributed by atoms with E-state index in [-0.39, 0.29) is 5.75 Å². The summed E-state index contributed by atoms with van der Waals surface area (Å²) in [5.74, 6) is 0.222. The van der Waals surface area contributed by atoms with Crippen molar-refractivity contribution >= 4 is 46.4 Å². The standard InChI is InChI=1S/C25H26BF2N3O/c1-4-29(5-2)19-12-11-18-17-31(26(27,28)32-25(18)16-19)20-13-14-24-22(15-20)21-9-7-8-10-23(21)30(24)6-3/h7-17H,4-6H2,1-3H3. The number of aryl methyl sites for hydroxylation is 1. The van der Waals surface area contributed by atoms with Crippen LogP contribution in [-0.4, -0.2) is 35.4 Å². The van der Waals surface area contributed by atoms with Crippen LogP contribution in [0.1, 0.15) is 26.3 Å². The van der Waals surface area contributed by atoms with E-state index in [1.54, 1.807) is 12.1 Å². The summed E-state index contributed by atoms with van der Waals surface area (Å²) in [6, 6.07) is 19.1. The smallest absolute Gasteiger partial charge is 0.599 e. The number of hydrogen-bond acceptors (Lipinski definition) is 2. The van der Waals surface area contributed by atoms with Gasteiger partial charge in [0.15, 0.2) is 5.69 Å². The lowest BCUT2D eigenvalue weighted by atomic mass is 9.97. The molecule has 0 saturated heterocycles. The maximum Gasteiger partial charge on any atom is 0.834 e. The zero-order valence-corrected chi connectivity index (χ0v) is 18.6. The lowest BCUT2D eigenvalue weighted by molar-refractivity contribution is -0.343. The molecule has 0 atom stereocenters. The fourth-order valence-corrected chi connectivity index (χ4v) is 4.75. The fraction of sp³-hybridized carbons (Fsp3) is 0.240. The molecule has 0 N–H and O–H groups in total. The molecule has 4 nitrogen and oxygen atoms in total. The number of halogens is 2. The first kappa shape index (κ1) is 20.6. The van der Waals surface area contributed by atoms with Crippen LogP contribution in [0.5, 0.6) is 5.75 Å². The molecule has 0 bridgehead atoms. The lowest BCUT2D eigenvalue weighted by Gasteiger charge is -2.30. The summed E-state index contributed by atoms with van der Waals surface area (Å²) in [6.07, 6.45) is 1.50. The Labute approximate surface area is 186 Å². The number of para-hydroxylation sites is 1. The Hall–Kier alpha value is -3.35. The Kier molecular flexibility index (Phi) is 4.92. The second kappa shape index (κ2) is 7.66. The molecule has 32 heavy (non-hydrogen) atoms. The largest absolute Gasteiger partial charge is 0.834 e. The molecule has 164 valence electrons. The molecule has 3 aromatic carbocycles. The molecule has 0 amide bonds. The van der Waals surface area contributed by atoms with E-state index < -0.39 is 7.04 Å². The third-order valence-corrected chi connectivity index (χ3v) is 6.37. The number of anilines is 1. The van der Waals surface area contributed by atoms with Crippen molar-refractivity contribution in [3.63, 3.8) is 0 Å². The quantitative estimate of drug-likeness (QED) is 0.350. The maximum atomic E-state index is 15.2. The molecular weight excluding hydrogens is 407 g/mol. The van der Waals surface area contributed by atoms with E-state index in [9.17, 15) is 0 Å². The first-order valence-corrected chi connectivity index (χ1v) is 11.2. The molecule has 2 heterocycles. The van der Waals surface area contributed by atoms with E-state index >= 15 is 8.63 Å². The number of rotatable bonds is 5. The van der Waals surface area contributed by atoms with E-state index in [1.165, 1.54) is 6.21 Å². The molecule has 0 unspecified atom stereocenters. The summed E-state index contributed by atoms with van der Waals surface area (Å²) in [5.41, 5.74) is 4.09. The Morgan fingerprint density at radius 1 is 0.906 bits per heavy atom. The molecule has 5 rings (SSSR count). The second-order valence-electron chi connectivity index (χ2n) is 8.07. The van der Waals surface area contributed by atoms with E-state index in [4.69, 9.17) is 4.65 Å². The molecule has 0 spiro atoms. The van der Waals surface area contributed by atoms with Crippen molar-refractivity contribution in [2.24, 2.45) is 0 Å². The van der Waals surface area contributed by atoms with Crippen molar-refractivity contribution < 1.29 is 17.8 Å². The van der Waals surface area contributed by atoms with Crippen molar-refractivity contribution in [3.8, 4) is 5.75 Å². The Bertz CT molecular complexity index is 1360. The van der Waals surface area contributed by atoms with Gasteiger partial charge in [-0.2, -0.15) is 0 Å². The summed E-state index contributed by atoms with van der Waals surface area (Å²) < 4.78 is 38.9. The third-order valence-electron chi connectivity index (χ3n) is 6.37. The van der Waals surface area contributed by atoms with Crippen LogP contribution in [-0.2, 0) is 6.54 Å². The van der Waals surface area contributed by atoms with Gasteiger partial charge in [-0.1, -0.05) is 18.2 Å². The molecule has 4 aromatic rings. The minimum Gasteiger partial charge on any atom is -0.599 e. The third kappa shape index (κ3) is 3.15. The molecule has 0 fully saturated rings. The van der Waals surface area contributed by atoms with Gasteiger partial charge in [-0.25, -0.2) is 0 Å². The SMILES string of the molecule is CCN(CC)c1ccc2c(c1)O[B-](F)(F)[N+](c1ccc3c(c1)c1ccccc1n3CC)=C2. The van der Waals surface area contributed by atoms with Gasteiger partial charge in [-0.05, 0) is 45.0 Å². The monoisotopic (exact) mass is 433 g/mol. The summed E-state index contributed by atoms with van der Waals surface area (Å²) >= 11 is 0. The highest BCUT2D eigenvalue weighted by molar-refractivity contribution is 6.53. The van der Waals surface area contributed by atoms with Crippen LogP contribution in [0.3, 0.4) is 0 Å². The topological polar surface area (TPSA) is 20.4 Å². The highest BCUT2D eigenvalue weighted by Crippen LogP contribution is 2.37. The van der Waals surface area contributed by atoms with Crippen LogP contribution < -0.4 is 9.55 Å². The fourth-order valence-electron chi connectivity index (χ4n) is 4.75. The van der Waals surface area contributed by atoms with E-state index in [2.05, 4.69) is 22.5 Å². The minimum absolute atomic E-state index is 0.222. The molecule has 1 aliphatic rings. The number of aromatic nitrogens is 1. The Balaban J connectivity index is 1.65. The average Bonchev–Trinajstić information content (AvgIpc) is 3.11. The second-order valence-corrected chi connectivity index (χ2v) is 8.07. The molecule has 1 aromatic heterocycles. The zero-order valence-electron chi connectivity index (χ0n) is 18.6. The highest BCUT2D eigenvalue weighted by atomic mass is 19.3. The van der Waals surface area contributed by atoms with Gasteiger partial charge in [-0.3, -0.25) is 0 Å². The van der Waals surface area contributed by atoms with E-state index in [0.29, 0.717) is 11.3 Å². The van der Waals surface area contributed by atoms with Gasteiger partial charge in [0.1, 0.15) is 6.21 Å². The van der Waals surface area contributed by atoms with Gasteiger partial charge < -0.3 is 27.2 Å². The molecular formula is C25H26BF2N3O. The number of fused-ring (bicyclic) bond motifs is 4. The van der Waals surface area contributed by atoms with Gasteiger partial charge in [0.2, 0.25) is 0 Å². The summed E-state index contributed by atoms with van der Waals surface area (Å²) in [5, 5.41) is 2.02. The Morgan fingerprint density at radius 3 is 2.41 bits per heavy atom. The molecule has 0 saturated carbocycles. The van der Waals surface area contributed by atoms with Crippen LogP contribution in [0.25, 0.3) is 21.8 Å². The number of benzene rings is 3. The van der Waals surface area contributed by atoms with Crippen LogP contribution >= 0.6 is 0 Å². The van der Waals surface area contributed by atoms with Crippen molar-refractivity contribution in [2.45, 2.75) is 27.3 Å². The van der Waals surface area contributed by atoms with Crippen molar-refractivity contribution in [2.75, 3.05) is 18.0 Å². The van der Waals surface area contributed by atoms with Gasteiger partial charge in [0.05, 0.1) is 11.3 Å². The van der Waals surface area contributed by atoms with Crippen molar-refractivity contribution in [1.82, 2.24) is 4.57 Å². The molecule has 0 radical (unpaired) electrons. The van der Waals surface area contributed by atoms with Crippen LogP contribution in [0.15, 0.2) is 60.7 Å². The zero-order chi connectivity index (χ0) is 22.5. The van der Waals surface area contributed by atoms with Gasteiger partial charge >= 0.3 is 7.04 Å². The first-order chi connectivity index (χ1) is 15.5. The number of nitrogens with zero attached hydrogens (tertiary/aromatic N) is 3. The maximum absolute atomic E-state index is 15.2. The first-order valence-electron chi connectivity index (χ1n) is 11.2. The number of hydrogen-bond donors (Lipinski definition) is 0. The van der Waals surface area contributed by atoms with Crippen molar-refractivity contribution in [1.29, 1.82) is 0 Å². The summed E-state index contributed by atoms with van der Waals surface area (Å²) in [7, 11) is -4.26. The van der Waals surface area contributed by atoms with Crippen LogP contribution in [0.4, 0.5) is 20.0 Å². The molecule has 7 heteroatoms. The van der Waals surface area contributed by atoms with Gasteiger partial charge in [0, 0.05) is 65.3 Å². The predicted octanol–water partition coefficient (Wildman–Crippen LogP) is 6.19. The van der Waals surface area contributed by atoms with Gasteiger partial charge in [-0.15, -0.1) is 0 Å². The molecule has 0 aliphatic carbocycles. The van der Waals surface area contributed by atoms with Gasteiger partial charge in [0.25, 0.3) is 0 Å². The Morgan fingerprint density at radius 2 is 1.66 bits per heavy atom. The predicted molar refractivity (Wildman–Crippen MR) is 129 cm³/mol. The molecule has 1 aliphatic heterocycles. The normalized spacial score (nSPS) is 14.8. The highest BCUT2D eigenvalue weighted by Gasteiger charge is 2.50. The van der Waals surface area contributed by atoms with Crippen LogP contribution in [0, 0.1) is 0 Å². The van der Waals surface area contributed by atoms with Crippen molar-refractivity contribution in [3.05, 3.63) is 66.2 Å². The lowest BCUT2D eigenvalue weighted by Crippen LogP contribution is -2.46. The minimum atomic E-state index is -4.26. The van der Waals surface area contributed by atoms with E-state index in [1.807, 2.05) is 56.3 Å². The average molecular weight is 433 g/mol. The summed E-state index contributed by atoms with van der Waals surface area (Å²) in [6.45, 7) is 8.59. The summed E-state index contributed by atoms with van der Waals surface area (Å²) in [4.78, 5) is 2.11.